The first-order chi connectivity index (χ1) is 11.2. The van der Waals surface area contributed by atoms with Crippen LogP contribution >= 0.6 is 15.9 Å². The Morgan fingerprint density at radius 2 is 2.00 bits per heavy atom. The number of hydrogen-bond donors (Lipinski definition) is 0. The number of piperidine rings is 1. The summed E-state index contributed by atoms with van der Waals surface area (Å²) >= 11 is 3.56. The van der Waals surface area contributed by atoms with E-state index in [1.54, 1.807) is 0 Å². The van der Waals surface area contributed by atoms with Gasteiger partial charge in [-0.2, -0.15) is 0 Å². The molecule has 2 aliphatic rings. The van der Waals surface area contributed by atoms with E-state index in [0.717, 1.165) is 36.2 Å². The third-order valence-electron chi connectivity index (χ3n) is 4.63. The summed E-state index contributed by atoms with van der Waals surface area (Å²) in [6, 6.07) is 4.37. The van der Waals surface area contributed by atoms with Gasteiger partial charge in [0.25, 0.3) is 0 Å². The second kappa shape index (κ2) is 7.49. The van der Waals surface area contributed by atoms with E-state index in [2.05, 4.69) is 25.8 Å². The molecule has 126 valence electrons. The summed E-state index contributed by atoms with van der Waals surface area (Å²) in [6.07, 6.45) is 3.76. The van der Waals surface area contributed by atoms with Crippen LogP contribution in [0.3, 0.4) is 0 Å². The molecule has 1 aromatic rings. The van der Waals surface area contributed by atoms with Crippen LogP contribution in [0, 0.1) is 0 Å². The van der Waals surface area contributed by atoms with Gasteiger partial charge in [-0.3, -0.25) is 0 Å². The number of carbonyl (C=O) groups is 1. The molecule has 2 aliphatic heterocycles. The molecular formula is C16H23BrN4O2. The van der Waals surface area contributed by atoms with E-state index in [9.17, 15) is 4.79 Å². The quantitative estimate of drug-likeness (QED) is 0.786. The highest BCUT2D eigenvalue weighted by Gasteiger charge is 2.29. The summed E-state index contributed by atoms with van der Waals surface area (Å²) in [7, 11) is 1.93. The summed E-state index contributed by atoms with van der Waals surface area (Å²) in [5.74, 6) is 0.994. The number of morpholine rings is 1. The number of pyridine rings is 1. The molecule has 2 fully saturated rings. The van der Waals surface area contributed by atoms with Crippen LogP contribution in [0.4, 0.5) is 10.6 Å². The second-order valence-electron chi connectivity index (χ2n) is 6.02. The first-order valence-corrected chi connectivity index (χ1v) is 8.91. The van der Waals surface area contributed by atoms with Gasteiger partial charge < -0.3 is 19.4 Å². The van der Waals surface area contributed by atoms with Gasteiger partial charge in [0.05, 0.1) is 17.7 Å². The van der Waals surface area contributed by atoms with Crippen LogP contribution in [-0.2, 0) is 4.74 Å². The second-order valence-corrected chi connectivity index (χ2v) is 6.87. The van der Waals surface area contributed by atoms with Crippen LogP contribution < -0.4 is 4.90 Å². The lowest BCUT2D eigenvalue weighted by molar-refractivity contribution is 0.0409. The Labute approximate surface area is 145 Å². The molecule has 2 saturated heterocycles. The van der Waals surface area contributed by atoms with Crippen LogP contribution in [0.2, 0.25) is 0 Å². The van der Waals surface area contributed by atoms with Gasteiger partial charge in [0.1, 0.15) is 5.82 Å². The molecule has 0 unspecified atom stereocenters. The van der Waals surface area contributed by atoms with Crippen molar-refractivity contribution in [3.63, 3.8) is 0 Å². The molecule has 3 rings (SSSR count). The number of ether oxygens (including phenoxy) is 1. The van der Waals surface area contributed by atoms with Crippen molar-refractivity contribution in [1.82, 2.24) is 14.8 Å². The van der Waals surface area contributed by atoms with Gasteiger partial charge in [-0.05, 0) is 40.9 Å². The largest absolute Gasteiger partial charge is 0.378 e. The predicted molar refractivity (Wildman–Crippen MR) is 92.7 cm³/mol. The number of aromatic nitrogens is 1. The van der Waals surface area contributed by atoms with Gasteiger partial charge in [0.2, 0.25) is 0 Å². The molecule has 0 aliphatic carbocycles. The fraction of sp³-hybridized carbons (Fsp3) is 0.625. The fourth-order valence-electron chi connectivity index (χ4n) is 3.21. The minimum absolute atomic E-state index is 0.130. The first-order valence-electron chi connectivity index (χ1n) is 8.12. The van der Waals surface area contributed by atoms with Crippen LogP contribution in [-0.4, -0.2) is 73.3 Å². The molecule has 3 heterocycles. The van der Waals surface area contributed by atoms with E-state index >= 15 is 0 Å². The normalized spacial score (nSPS) is 19.7. The number of halogens is 1. The highest BCUT2D eigenvalue weighted by Crippen LogP contribution is 2.27. The maximum atomic E-state index is 12.6. The SMILES string of the molecule is CN(C(=O)N1CCOCC1)C1CCN(c2ncccc2Br)CC1. The Balaban J connectivity index is 1.56. The van der Waals surface area contributed by atoms with Crippen LogP contribution in [0.15, 0.2) is 22.8 Å². The molecule has 0 N–H and O–H groups in total. The first kappa shape index (κ1) is 16.5. The number of nitrogens with zero attached hydrogens (tertiary/aromatic N) is 4. The number of carbonyl (C=O) groups excluding carboxylic acids is 1. The van der Waals surface area contributed by atoms with Crippen molar-refractivity contribution in [3.05, 3.63) is 22.8 Å². The lowest BCUT2D eigenvalue weighted by Crippen LogP contribution is -2.52. The fourth-order valence-corrected chi connectivity index (χ4v) is 3.71. The molecule has 7 heteroatoms. The van der Waals surface area contributed by atoms with Crippen LogP contribution in [0.25, 0.3) is 0 Å². The van der Waals surface area contributed by atoms with Gasteiger partial charge in [-0.25, -0.2) is 9.78 Å². The van der Waals surface area contributed by atoms with Gasteiger partial charge in [-0.15, -0.1) is 0 Å². The topological polar surface area (TPSA) is 48.9 Å². The number of rotatable bonds is 2. The van der Waals surface area contributed by atoms with Crippen molar-refractivity contribution in [3.8, 4) is 0 Å². The van der Waals surface area contributed by atoms with Crippen molar-refractivity contribution in [2.24, 2.45) is 0 Å². The summed E-state index contributed by atoms with van der Waals surface area (Å²) < 4.78 is 6.34. The third-order valence-corrected chi connectivity index (χ3v) is 5.25. The van der Waals surface area contributed by atoms with Crippen LogP contribution in [0.1, 0.15) is 12.8 Å². The molecule has 1 aromatic heterocycles. The van der Waals surface area contributed by atoms with Crippen molar-refractivity contribution in [1.29, 1.82) is 0 Å². The van der Waals surface area contributed by atoms with E-state index < -0.39 is 0 Å². The Morgan fingerprint density at radius 3 is 2.65 bits per heavy atom. The Hall–Kier alpha value is -1.34. The molecule has 0 saturated carbocycles. The highest BCUT2D eigenvalue weighted by molar-refractivity contribution is 9.10. The smallest absolute Gasteiger partial charge is 0.320 e. The Kier molecular flexibility index (Phi) is 5.38. The minimum atomic E-state index is 0.130. The molecule has 0 spiro atoms. The molecule has 0 aromatic carbocycles. The van der Waals surface area contributed by atoms with E-state index in [4.69, 9.17) is 4.74 Å². The molecule has 6 nitrogen and oxygen atoms in total. The van der Waals surface area contributed by atoms with E-state index in [0.29, 0.717) is 32.3 Å². The average molecular weight is 383 g/mol. The number of anilines is 1. The number of amides is 2. The van der Waals surface area contributed by atoms with Gasteiger partial charge >= 0.3 is 6.03 Å². The van der Waals surface area contributed by atoms with E-state index in [1.807, 2.05) is 35.2 Å². The van der Waals surface area contributed by atoms with E-state index in [-0.39, 0.29) is 6.03 Å². The average Bonchev–Trinajstić information content (AvgIpc) is 2.62. The van der Waals surface area contributed by atoms with Crippen molar-refractivity contribution in [2.75, 3.05) is 51.3 Å². The maximum Gasteiger partial charge on any atom is 0.320 e. The predicted octanol–water partition coefficient (Wildman–Crippen LogP) is 2.20. The lowest BCUT2D eigenvalue weighted by Gasteiger charge is -2.40. The lowest BCUT2D eigenvalue weighted by atomic mass is 10.0. The van der Waals surface area contributed by atoms with Crippen molar-refractivity contribution >= 4 is 27.8 Å². The molecule has 23 heavy (non-hydrogen) atoms. The summed E-state index contributed by atoms with van der Waals surface area (Å²) in [5.41, 5.74) is 0. The molecule has 0 atom stereocenters. The van der Waals surface area contributed by atoms with E-state index in [1.165, 1.54) is 0 Å². The summed E-state index contributed by atoms with van der Waals surface area (Å²) in [5, 5.41) is 0. The van der Waals surface area contributed by atoms with Crippen molar-refractivity contribution in [2.45, 2.75) is 18.9 Å². The monoisotopic (exact) mass is 382 g/mol. The highest BCUT2D eigenvalue weighted by atomic mass is 79.9. The van der Waals surface area contributed by atoms with Crippen molar-refractivity contribution < 1.29 is 9.53 Å². The third kappa shape index (κ3) is 3.77. The number of urea groups is 1. The molecule has 0 bridgehead atoms. The summed E-state index contributed by atoms with van der Waals surface area (Å²) in [6.45, 7) is 4.52. The zero-order chi connectivity index (χ0) is 16.2. The standard InChI is InChI=1S/C16H23BrN4O2/c1-19(16(22)21-9-11-23-12-10-21)13-4-7-20(8-5-13)15-14(17)3-2-6-18-15/h2-3,6,13H,4-5,7-12H2,1H3. The number of hydrogen-bond acceptors (Lipinski definition) is 4. The van der Waals surface area contributed by atoms with Crippen LogP contribution in [0.5, 0.6) is 0 Å². The summed E-state index contributed by atoms with van der Waals surface area (Å²) in [4.78, 5) is 23.1. The molecular weight excluding hydrogens is 360 g/mol. The molecule has 0 radical (unpaired) electrons. The zero-order valence-electron chi connectivity index (χ0n) is 13.4. The van der Waals surface area contributed by atoms with Gasteiger partial charge in [0, 0.05) is 45.5 Å². The Morgan fingerprint density at radius 1 is 1.30 bits per heavy atom. The van der Waals surface area contributed by atoms with Gasteiger partial charge in [0.15, 0.2) is 0 Å². The minimum Gasteiger partial charge on any atom is -0.378 e. The zero-order valence-corrected chi connectivity index (χ0v) is 15.0. The maximum absolute atomic E-state index is 12.6. The van der Waals surface area contributed by atoms with Gasteiger partial charge in [-0.1, -0.05) is 0 Å². The Bertz CT molecular complexity index is 543. The molecule has 2 amide bonds.